The summed E-state index contributed by atoms with van der Waals surface area (Å²) in [7, 11) is 1.55. The maximum absolute atomic E-state index is 12.2. The molecule has 0 bridgehead atoms. The van der Waals surface area contributed by atoms with Gasteiger partial charge in [0.05, 0.1) is 31.6 Å². The maximum atomic E-state index is 12.2. The van der Waals surface area contributed by atoms with Gasteiger partial charge >= 0.3 is 0 Å². The Morgan fingerprint density at radius 3 is 2.44 bits per heavy atom. The quantitative estimate of drug-likeness (QED) is 0.404. The van der Waals surface area contributed by atoms with Crippen molar-refractivity contribution >= 4 is 12.1 Å². The highest BCUT2D eigenvalue weighted by Crippen LogP contribution is 2.28. The summed E-state index contributed by atoms with van der Waals surface area (Å²) < 4.78 is 16.6. The number of hydrogen-bond acceptors (Lipinski definition) is 6. The molecule has 0 aliphatic heterocycles. The number of ether oxygens (including phenoxy) is 3. The Bertz CT molecular complexity index is 1120. The van der Waals surface area contributed by atoms with Gasteiger partial charge in [-0.3, -0.25) is 4.79 Å². The van der Waals surface area contributed by atoms with Gasteiger partial charge in [-0.2, -0.15) is 10.4 Å². The van der Waals surface area contributed by atoms with Crippen molar-refractivity contribution in [2.75, 3.05) is 13.7 Å². The molecule has 0 saturated heterocycles. The molecule has 0 unspecified atom stereocenters. The zero-order valence-electron chi connectivity index (χ0n) is 17.9. The number of benzene rings is 3. The van der Waals surface area contributed by atoms with E-state index in [4.69, 9.17) is 19.5 Å². The summed E-state index contributed by atoms with van der Waals surface area (Å²) in [5.41, 5.74) is 5.26. The van der Waals surface area contributed by atoms with Crippen LogP contribution in [0.4, 0.5) is 0 Å². The topological polar surface area (TPSA) is 92.9 Å². The molecule has 7 nitrogen and oxygen atoms in total. The average Bonchev–Trinajstić information content (AvgIpc) is 2.84. The first-order valence-electron chi connectivity index (χ1n) is 9.99. The first kappa shape index (κ1) is 22.4. The summed E-state index contributed by atoms with van der Waals surface area (Å²) in [6, 6.07) is 21.5. The normalized spacial score (nSPS) is 10.4. The minimum atomic E-state index is -0.321. The monoisotopic (exact) mass is 429 g/mol. The lowest BCUT2D eigenvalue weighted by molar-refractivity contribution is 0.0955. The van der Waals surface area contributed by atoms with Crippen LogP contribution in [0, 0.1) is 11.3 Å². The second-order valence-corrected chi connectivity index (χ2v) is 6.66. The van der Waals surface area contributed by atoms with Crippen LogP contribution in [-0.4, -0.2) is 25.8 Å². The fourth-order valence-corrected chi connectivity index (χ4v) is 2.82. The number of carbonyl (C=O) groups excluding carboxylic acids is 1. The Labute approximate surface area is 186 Å². The van der Waals surface area contributed by atoms with Crippen LogP contribution in [0.3, 0.4) is 0 Å². The van der Waals surface area contributed by atoms with Crippen LogP contribution in [0.25, 0.3) is 0 Å². The van der Waals surface area contributed by atoms with Gasteiger partial charge in [-0.1, -0.05) is 12.1 Å². The summed E-state index contributed by atoms with van der Waals surface area (Å²) >= 11 is 0. The van der Waals surface area contributed by atoms with Gasteiger partial charge in [0.1, 0.15) is 12.4 Å². The molecular formula is C25H23N3O4. The predicted molar refractivity (Wildman–Crippen MR) is 121 cm³/mol. The van der Waals surface area contributed by atoms with Crippen molar-refractivity contribution in [3.63, 3.8) is 0 Å². The second kappa shape index (κ2) is 11.2. The summed E-state index contributed by atoms with van der Waals surface area (Å²) in [5, 5.41) is 12.9. The third kappa shape index (κ3) is 6.09. The molecule has 1 amide bonds. The number of hydrazone groups is 1. The minimum Gasteiger partial charge on any atom is -0.494 e. The first-order valence-corrected chi connectivity index (χ1v) is 9.99. The molecule has 0 saturated carbocycles. The molecule has 162 valence electrons. The number of rotatable bonds is 9. The van der Waals surface area contributed by atoms with Crippen molar-refractivity contribution < 1.29 is 19.0 Å². The predicted octanol–water partition coefficient (Wildman–Crippen LogP) is 4.31. The Hall–Kier alpha value is -4.31. The molecule has 0 radical (unpaired) electrons. The molecule has 0 aromatic heterocycles. The fourth-order valence-electron chi connectivity index (χ4n) is 2.82. The summed E-state index contributed by atoms with van der Waals surface area (Å²) in [5.74, 6) is 1.51. The molecule has 0 spiro atoms. The van der Waals surface area contributed by atoms with E-state index in [1.54, 1.807) is 55.6 Å². The number of nitriles is 1. The van der Waals surface area contributed by atoms with Crippen LogP contribution in [0.5, 0.6) is 17.2 Å². The van der Waals surface area contributed by atoms with Gasteiger partial charge in [-0.05, 0) is 72.6 Å². The Balaban J connectivity index is 1.58. The summed E-state index contributed by atoms with van der Waals surface area (Å²) in [4.78, 5) is 12.2. The lowest BCUT2D eigenvalue weighted by Gasteiger charge is -2.11. The third-order valence-electron chi connectivity index (χ3n) is 4.47. The Morgan fingerprint density at radius 1 is 1.03 bits per heavy atom. The van der Waals surface area contributed by atoms with E-state index in [0.29, 0.717) is 41.6 Å². The maximum Gasteiger partial charge on any atom is 0.271 e. The number of hydrogen-bond donors (Lipinski definition) is 1. The van der Waals surface area contributed by atoms with Gasteiger partial charge < -0.3 is 14.2 Å². The van der Waals surface area contributed by atoms with Crippen LogP contribution < -0.4 is 19.6 Å². The zero-order valence-corrected chi connectivity index (χ0v) is 17.9. The number of nitrogens with one attached hydrogen (secondary N) is 1. The van der Waals surface area contributed by atoms with Gasteiger partial charge in [-0.25, -0.2) is 5.43 Å². The van der Waals surface area contributed by atoms with Gasteiger partial charge in [0.2, 0.25) is 0 Å². The van der Waals surface area contributed by atoms with E-state index in [9.17, 15) is 4.79 Å². The van der Waals surface area contributed by atoms with Crippen molar-refractivity contribution in [1.29, 1.82) is 5.26 Å². The molecule has 3 aromatic carbocycles. The minimum absolute atomic E-state index is 0.321. The van der Waals surface area contributed by atoms with E-state index in [-0.39, 0.29) is 5.91 Å². The average molecular weight is 429 g/mol. The zero-order chi connectivity index (χ0) is 22.8. The standard InChI is InChI=1S/C25H23N3O4/c1-3-31-22-11-9-21(10-12-22)25(29)28-27-16-20-8-13-23(24(14-20)30-2)32-17-19-6-4-18(15-26)5-7-19/h4-14,16H,3,17H2,1-2H3,(H,28,29)/b27-16+. The van der Waals surface area contributed by atoms with Crippen LogP contribution in [0.15, 0.2) is 71.8 Å². The van der Waals surface area contributed by atoms with Crippen molar-refractivity contribution in [2.45, 2.75) is 13.5 Å². The SMILES string of the molecule is CCOc1ccc(C(=O)N/N=C/c2ccc(OCc3ccc(C#N)cc3)c(OC)c2)cc1. The molecule has 7 heteroatoms. The highest BCUT2D eigenvalue weighted by atomic mass is 16.5. The number of methoxy groups -OCH3 is 1. The van der Waals surface area contributed by atoms with E-state index in [2.05, 4.69) is 16.6 Å². The molecule has 0 atom stereocenters. The Morgan fingerprint density at radius 2 is 1.78 bits per heavy atom. The highest BCUT2D eigenvalue weighted by Gasteiger charge is 2.07. The molecule has 0 fully saturated rings. The molecule has 3 rings (SSSR count). The third-order valence-corrected chi connectivity index (χ3v) is 4.47. The van der Waals surface area contributed by atoms with Gasteiger partial charge in [0.15, 0.2) is 11.5 Å². The molecule has 1 N–H and O–H groups in total. The molecule has 32 heavy (non-hydrogen) atoms. The van der Waals surface area contributed by atoms with Crippen LogP contribution in [-0.2, 0) is 6.61 Å². The van der Waals surface area contributed by atoms with Crippen LogP contribution >= 0.6 is 0 Å². The smallest absolute Gasteiger partial charge is 0.271 e. The second-order valence-electron chi connectivity index (χ2n) is 6.66. The number of nitrogens with zero attached hydrogens (tertiary/aromatic N) is 2. The van der Waals surface area contributed by atoms with Gasteiger partial charge in [0, 0.05) is 5.56 Å². The molecule has 0 heterocycles. The van der Waals surface area contributed by atoms with E-state index in [1.807, 2.05) is 25.1 Å². The Kier molecular flexibility index (Phi) is 7.82. The summed E-state index contributed by atoms with van der Waals surface area (Å²) in [6.45, 7) is 2.81. The van der Waals surface area contributed by atoms with Gasteiger partial charge in [0.25, 0.3) is 5.91 Å². The van der Waals surface area contributed by atoms with E-state index < -0.39 is 0 Å². The lowest BCUT2D eigenvalue weighted by Crippen LogP contribution is -2.17. The van der Waals surface area contributed by atoms with Crippen molar-refractivity contribution in [2.24, 2.45) is 5.10 Å². The van der Waals surface area contributed by atoms with Crippen molar-refractivity contribution in [3.8, 4) is 23.3 Å². The molecule has 3 aromatic rings. The van der Waals surface area contributed by atoms with Crippen LogP contribution in [0.1, 0.15) is 34.0 Å². The van der Waals surface area contributed by atoms with E-state index in [1.165, 1.54) is 6.21 Å². The number of amides is 1. The van der Waals surface area contributed by atoms with Crippen molar-refractivity contribution in [1.82, 2.24) is 5.43 Å². The van der Waals surface area contributed by atoms with E-state index >= 15 is 0 Å². The molecule has 0 aliphatic carbocycles. The highest BCUT2D eigenvalue weighted by molar-refractivity contribution is 5.95. The molecular weight excluding hydrogens is 406 g/mol. The fraction of sp³-hybridized carbons (Fsp3) is 0.160. The van der Waals surface area contributed by atoms with Crippen LogP contribution in [0.2, 0.25) is 0 Å². The largest absolute Gasteiger partial charge is 0.494 e. The first-order chi connectivity index (χ1) is 15.6. The summed E-state index contributed by atoms with van der Waals surface area (Å²) in [6.07, 6.45) is 1.53. The van der Waals surface area contributed by atoms with E-state index in [0.717, 1.165) is 11.1 Å². The lowest BCUT2D eigenvalue weighted by atomic mass is 10.1. The molecule has 0 aliphatic rings. The number of carbonyl (C=O) groups is 1. The van der Waals surface area contributed by atoms with Gasteiger partial charge in [-0.15, -0.1) is 0 Å². The van der Waals surface area contributed by atoms with Crippen molar-refractivity contribution in [3.05, 3.63) is 89.0 Å².